The molecule has 0 amide bonds. The molecule has 0 spiro atoms. The van der Waals surface area contributed by atoms with Gasteiger partial charge in [0, 0.05) is 17.3 Å². The van der Waals surface area contributed by atoms with Gasteiger partial charge in [0.15, 0.2) is 0 Å². The lowest BCUT2D eigenvalue weighted by atomic mass is 10.0. The van der Waals surface area contributed by atoms with Crippen molar-refractivity contribution in [3.63, 3.8) is 0 Å². The highest BCUT2D eigenvalue weighted by atomic mass is 19.1. The van der Waals surface area contributed by atoms with Gasteiger partial charge in [-0.2, -0.15) is 0 Å². The van der Waals surface area contributed by atoms with E-state index in [0.717, 1.165) is 22.0 Å². The van der Waals surface area contributed by atoms with Crippen LogP contribution in [0.25, 0.3) is 10.8 Å². The van der Waals surface area contributed by atoms with Crippen molar-refractivity contribution in [1.29, 1.82) is 0 Å². The minimum absolute atomic E-state index is 0.164. The SMILES string of the molecule is Fc1ccccc1COc1ccc2ccccc2c1C=Nc1ccccc1. The molecule has 0 fully saturated rings. The van der Waals surface area contributed by atoms with E-state index in [1.807, 2.05) is 66.9 Å². The Kier molecular flexibility index (Phi) is 4.93. The van der Waals surface area contributed by atoms with Crippen LogP contribution in [0.4, 0.5) is 10.1 Å². The van der Waals surface area contributed by atoms with Crippen molar-refractivity contribution in [2.24, 2.45) is 4.99 Å². The second kappa shape index (κ2) is 7.83. The number of benzene rings is 4. The van der Waals surface area contributed by atoms with E-state index in [4.69, 9.17) is 4.74 Å². The molecule has 27 heavy (non-hydrogen) atoms. The van der Waals surface area contributed by atoms with Crippen molar-refractivity contribution in [3.8, 4) is 5.75 Å². The summed E-state index contributed by atoms with van der Waals surface area (Å²) in [5.41, 5.74) is 2.27. The molecule has 0 saturated heterocycles. The van der Waals surface area contributed by atoms with Crippen LogP contribution in [-0.4, -0.2) is 6.21 Å². The Morgan fingerprint density at radius 1 is 0.778 bits per heavy atom. The van der Waals surface area contributed by atoms with E-state index in [2.05, 4.69) is 11.1 Å². The summed E-state index contributed by atoms with van der Waals surface area (Å²) in [7, 11) is 0. The van der Waals surface area contributed by atoms with E-state index in [0.29, 0.717) is 11.3 Å². The van der Waals surface area contributed by atoms with Gasteiger partial charge in [-0.1, -0.05) is 66.7 Å². The fraction of sp³-hybridized carbons (Fsp3) is 0.0417. The molecule has 4 rings (SSSR count). The predicted molar refractivity (Wildman–Crippen MR) is 108 cm³/mol. The molecule has 0 aliphatic rings. The largest absolute Gasteiger partial charge is 0.488 e. The smallest absolute Gasteiger partial charge is 0.129 e. The molecule has 4 aromatic carbocycles. The number of rotatable bonds is 5. The van der Waals surface area contributed by atoms with Gasteiger partial charge in [0.25, 0.3) is 0 Å². The van der Waals surface area contributed by atoms with Gasteiger partial charge in [-0.15, -0.1) is 0 Å². The van der Waals surface area contributed by atoms with Crippen LogP contribution in [-0.2, 0) is 6.61 Å². The standard InChI is InChI=1S/C24H18FNO/c25-23-13-7-5-9-19(23)17-27-24-15-14-18-8-4-6-12-21(18)22(24)16-26-20-10-2-1-3-11-20/h1-16H,17H2. The Hall–Kier alpha value is -3.46. The van der Waals surface area contributed by atoms with Crippen LogP contribution < -0.4 is 4.74 Å². The first-order chi connectivity index (χ1) is 13.3. The first kappa shape index (κ1) is 17.0. The molecule has 0 aromatic heterocycles. The lowest BCUT2D eigenvalue weighted by molar-refractivity contribution is 0.300. The number of hydrogen-bond acceptors (Lipinski definition) is 2. The van der Waals surface area contributed by atoms with Crippen molar-refractivity contribution >= 4 is 22.7 Å². The van der Waals surface area contributed by atoms with Gasteiger partial charge in [0.2, 0.25) is 0 Å². The molecule has 0 radical (unpaired) electrons. The van der Waals surface area contributed by atoms with Crippen LogP contribution in [0.1, 0.15) is 11.1 Å². The van der Waals surface area contributed by atoms with Gasteiger partial charge in [0.1, 0.15) is 18.2 Å². The normalized spacial score (nSPS) is 11.1. The third-order valence-corrected chi connectivity index (χ3v) is 4.37. The molecule has 0 unspecified atom stereocenters. The second-order valence-electron chi connectivity index (χ2n) is 6.17. The summed E-state index contributed by atoms with van der Waals surface area (Å²) >= 11 is 0. The summed E-state index contributed by atoms with van der Waals surface area (Å²) in [4.78, 5) is 4.58. The van der Waals surface area contributed by atoms with Crippen LogP contribution in [0, 0.1) is 5.82 Å². The molecule has 132 valence electrons. The maximum Gasteiger partial charge on any atom is 0.129 e. The van der Waals surface area contributed by atoms with Gasteiger partial charge in [-0.3, -0.25) is 4.99 Å². The Bertz CT molecular complexity index is 1090. The Morgan fingerprint density at radius 2 is 1.52 bits per heavy atom. The molecule has 0 N–H and O–H groups in total. The van der Waals surface area contributed by atoms with Gasteiger partial charge >= 0.3 is 0 Å². The summed E-state index contributed by atoms with van der Waals surface area (Å²) in [5.74, 6) is 0.412. The zero-order valence-corrected chi connectivity index (χ0v) is 14.7. The highest BCUT2D eigenvalue weighted by molar-refractivity contribution is 6.03. The van der Waals surface area contributed by atoms with Gasteiger partial charge in [0.05, 0.1) is 5.69 Å². The number of nitrogens with zero attached hydrogens (tertiary/aromatic N) is 1. The Balaban J connectivity index is 1.71. The van der Waals surface area contributed by atoms with E-state index in [-0.39, 0.29) is 12.4 Å². The number of para-hydroxylation sites is 1. The van der Waals surface area contributed by atoms with E-state index in [1.54, 1.807) is 18.2 Å². The third kappa shape index (κ3) is 3.87. The third-order valence-electron chi connectivity index (χ3n) is 4.37. The molecule has 4 aromatic rings. The first-order valence-electron chi connectivity index (χ1n) is 8.78. The molecule has 0 saturated carbocycles. The molecular formula is C24H18FNO. The molecule has 0 heterocycles. The molecule has 2 nitrogen and oxygen atoms in total. The summed E-state index contributed by atoms with van der Waals surface area (Å²) in [5, 5.41) is 2.15. The topological polar surface area (TPSA) is 21.6 Å². The molecule has 0 aliphatic heterocycles. The lowest BCUT2D eigenvalue weighted by Crippen LogP contribution is -2.01. The molecule has 0 aliphatic carbocycles. The van der Waals surface area contributed by atoms with E-state index in [1.165, 1.54) is 6.07 Å². The Morgan fingerprint density at radius 3 is 2.37 bits per heavy atom. The Labute approximate surface area is 157 Å². The average Bonchev–Trinajstić information content (AvgIpc) is 2.72. The maximum atomic E-state index is 13.9. The van der Waals surface area contributed by atoms with Crippen LogP contribution in [0.3, 0.4) is 0 Å². The van der Waals surface area contributed by atoms with Crippen molar-refractivity contribution in [2.75, 3.05) is 0 Å². The number of hydrogen-bond donors (Lipinski definition) is 0. The van der Waals surface area contributed by atoms with Crippen molar-refractivity contribution in [2.45, 2.75) is 6.61 Å². The monoisotopic (exact) mass is 355 g/mol. The summed E-state index contributed by atoms with van der Waals surface area (Å²) in [6.07, 6.45) is 1.81. The minimum atomic E-state index is -0.266. The molecule has 0 bridgehead atoms. The predicted octanol–water partition coefficient (Wildman–Crippen LogP) is 6.31. The van der Waals surface area contributed by atoms with Crippen LogP contribution >= 0.6 is 0 Å². The van der Waals surface area contributed by atoms with E-state index in [9.17, 15) is 4.39 Å². The van der Waals surface area contributed by atoms with E-state index < -0.39 is 0 Å². The highest BCUT2D eigenvalue weighted by Crippen LogP contribution is 2.28. The van der Waals surface area contributed by atoms with Crippen molar-refractivity contribution in [3.05, 3.63) is 108 Å². The molecule has 3 heteroatoms. The summed E-state index contributed by atoms with van der Waals surface area (Å²) in [6, 6.07) is 28.4. The van der Waals surface area contributed by atoms with Crippen LogP contribution in [0.15, 0.2) is 96.0 Å². The number of ether oxygens (including phenoxy) is 1. The second-order valence-corrected chi connectivity index (χ2v) is 6.17. The zero-order chi connectivity index (χ0) is 18.5. The average molecular weight is 355 g/mol. The number of fused-ring (bicyclic) bond motifs is 1. The molecule has 0 atom stereocenters. The van der Waals surface area contributed by atoms with Gasteiger partial charge in [-0.05, 0) is 35.0 Å². The quantitative estimate of drug-likeness (QED) is 0.385. The van der Waals surface area contributed by atoms with Crippen molar-refractivity contribution < 1.29 is 9.13 Å². The fourth-order valence-corrected chi connectivity index (χ4v) is 2.96. The highest BCUT2D eigenvalue weighted by Gasteiger charge is 2.09. The fourth-order valence-electron chi connectivity index (χ4n) is 2.96. The number of aliphatic imine (C=N–C) groups is 1. The zero-order valence-electron chi connectivity index (χ0n) is 14.7. The minimum Gasteiger partial charge on any atom is -0.488 e. The van der Waals surface area contributed by atoms with Gasteiger partial charge < -0.3 is 4.74 Å². The molecular weight excluding hydrogens is 337 g/mol. The summed E-state index contributed by atoms with van der Waals surface area (Å²) < 4.78 is 19.9. The lowest BCUT2D eigenvalue weighted by Gasteiger charge is -2.12. The van der Waals surface area contributed by atoms with Crippen LogP contribution in [0.2, 0.25) is 0 Å². The number of halogens is 1. The maximum absolute atomic E-state index is 13.9. The van der Waals surface area contributed by atoms with Crippen LogP contribution in [0.5, 0.6) is 5.75 Å². The van der Waals surface area contributed by atoms with Gasteiger partial charge in [-0.25, -0.2) is 4.39 Å². The van der Waals surface area contributed by atoms with E-state index >= 15 is 0 Å². The van der Waals surface area contributed by atoms with Crippen molar-refractivity contribution in [1.82, 2.24) is 0 Å². The first-order valence-corrected chi connectivity index (χ1v) is 8.78. The summed E-state index contributed by atoms with van der Waals surface area (Å²) in [6.45, 7) is 0.164.